The van der Waals surface area contributed by atoms with Gasteiger partial charge in [-0.05, 0) is 42.5 Å². The van der Waals surface area contributed by atoms with E-state index >= 15 is 0 Å². The molecule has 2 aromatic carbocycles. The summed E-state index contributed by atoms with van der Waals surface area (Å²) in [5.41, 5.74) is 3.33. The zero-order valence-corrected chi connectivity index (χ0v) is 15.1. The van der Waals surface area contributed by atoms with Gasteiger partial charge in [0.2, 0.25) is 0 Å². The first-order valence-corrected chi connectivity index (χ1v) is 9.16. The van der Waals surface area contributed by atoms with Gasteiger partial charge in [0, 0.05) is 55.2 Å². The number of benzene rings is 2. The van der Waals surface area contributed by atoms with Crippen molar-refractivity contribution >= 4 is 22.4 Å². The van der Waals surface area contributed by atoms with Gasteiger partial charge in [0.1, 0.15) is 0 Å². The van der Waals surface area contributed by atoms with Crippen molar-refractivity contribution in [2.45, 2.75) is 13.3 Å². The normalized spacial score (nSPS) is 15.1. The van der Waals surface area contributed by atoms with Crippen LogP contribution < -0.4 is 4.90 Å². The minimum atomic E-state index is 0.119. The molecule has 4 heteroatoms. The fourth-order valence-electron chi connectivity index (χ4n) is 3.76. The first-order chi connectivity index (χ1) is 12.7. The molecule has 1 amide bonds. The summed E-state index contributed by atoms with van der Waals surface area (Å²) in [4.78, 5) is 21.7. The van der Waals surface area contributed by atoms with E-state index in [1.54, 1.807) is 6.20 Å². The van der Waals surface area contributed by atoms with Crippen LogP contribution in [-0.2, 0) is 0 Å². The van der Waals surface area contributed by atoms with Gasteiger partial charge in [0.15, 0.2) is 0 Å². The molecule has 0 unspecified atom stereocenters. The lowest BCUT2D eigenvalue weighted by Gasteiger charge is -2.25. The van der Waals surface area contributed by atoms with E-state index in [1.807, 2.05) is 35.4 Å². The average molecular weight is 345 g/mol. The zero-order valence-electron chi connectivity index (χ0n) is 15.1. The van der Waals surface area contributed by atoms with Crippen LogP contribution in [0.5, 0.6) is 0 Å². The summed E-state index contributed by atoms with van der Waals surface area (Å²) < 4.78 is 0. The maximum Gasteiger partial charge on any atom is 0.254 e. The molecule has 3 aromatic rings. The molecule has 2 heterocycles. The van der Waals surface area contributed by atoms with Crippen molar-refractivity contribution in [2.24, 2.45) is 0 Å². The maximum atomic E-state index is 13.2. The Morgan fingerprint density at radius 3 is 2.73 bits per heavy atom. The molecule has 4 nitrogen and oxygen atoms in total. The van der Waals surface area contributed by atoms with Crippen LogP contribution in [0, 0.1) is 6.92 Å². The number of rotatable bonds is 2. The Hall–Kier alpha value is -2.88. The Morgan fingerprint density at radius 1 is 0.962 bits per heavy atom. The quantitative estimate of drug-likeness (QED) is 0.707. The van der Waals surface area contributed by atoms with Crippen LogP contribution in [0.15, 0.2) is 60.9 Å². The predicted molar refractivity (Wildman–Crippen MR) is 106 cm³/mol. The Bertz CT molecular complexity index is 932. The first-order valence-electron chi connectivity index (χ1n) is 9.16. The number of pyridine rings is 1. The van der Waals surface area contributed by atoms with E-state index in [-0.39, 0.29) is 5.91 Å². The van der Waals surface area contributed by atoms with Crippen LogP contribution in [0.3, 0.4) is 0 Å². The Balaban J connectivity index is 1.55. The number of para-hydroxylation sites is 1. The van der Waals surface area contributed by atoms with E-state index in [0.29, 0.717) is 0 Å². The number of aryl methyl sites for hydroxylation is 1. The summed E-state index contributed by atoms with van der Waals surface area (Å²) in [6.07, 6.45) is 4.54. The van der Waals surface area contributed by atoms with Crippen molar-refractivity contribution in [1.29, 1.82) is 0 Å². The summed E-state index contributed by atoms with van der Waals surface area (Å²) in [5.74, 6) is 0.119. The lowest BCUT2D eigenvalue weighted by Crippen LogP contribution is -2.35. The SMILES string of the molecule is Cc1ccccc1N1CCCN(C(=O)c2cccc3cnccc23)CC1. The number of aromatic nitrogens is 1. The second kappa shape index (κ2) is 7.16. The highest BCUT2D eigenvalue weighted by Gasteiger charge is 2.22. The largest absolute Gasteiger partial charge is 0.369 e. The number of carbonyl (C=O) groups excluding carboxylic acids is 1. The third-order valence-corrected chi connectivity index (χ3v) is 5.15. The van der Waals surface area contributed by atoms with Gasteiger partial charge in [-0.2, -0.15) is 0 Å². The molecule has 26 heavy (non-hydrogen) atoms. The fourth-order valence-corrected chi connectivity index (χ4v) is 3.76. The van der Waals surface area contributed by atoms with Crippen LogP contribution in [0.25, 0.3) is 10.8 Å². The second-order valence-electron chi connectivity index (χ2n) is 6.82. The number of amides is 1. The molecule has 1 saturated heterocycles. The van der Waals surface area contributed by atoms with Crippen molar-refractivity contribution in [1.82, 2.24) is 9.88 Å². The molecule has 4 rings (SSSR count). The van der Waals surface area contributed by atoms with Crippen LogP contribution in [0.2, 0.25) is 0 Å². The standard InChI is InChI=1S/C22H23N3O/c1-17-6-2-3-9-21(17)24-12-5-13-25(15-14-24)22(26)20-8-4-7-18-16-23-11-10-19(18)20/h2-4,6-11,16H,5,12-15H2,1H3. The summed E-state index contributed by atoms with van der Waals surface area (Å²) >= 11 is 0. The van der Waals surface area contributed by atoms with Crippen LogP contribution >= 0.6 is 0 Å². The van der Waals surface area contributed by atoms with Crippen molar-refractivity contribution in [2.75, 3.05) is 31.1 Å². The monoisotopic (exact) mass is 345 g/mol. The minimum absolute atomic E-state index is 0.119. The van der Waals surface area contributed by atoms with Crippen LogP contribution in [0.1, 0.15) is 22.3 Å². The van der Waals surface area contributed by atoms with E-state index in [9.17, 15) is 4.79 Å². The molecule has 0 aliphatic carbocycles. The predicted octanol–water partition coefficient (Wildman–Crippen LogP) is 3.90. The Morgan fingerprint density at radius 2 is 1.85 bits per heavy atom. The number of nitrogens with zero attached hydrogens (tertiary/aromatic N) is 3. The van der Waals surface area contributed by atoms with Crippen molar-refractivity contribution in [3.05, 3.63) is 72.1 Å². The average Bonchev–Trinajstić information content (AvgIpc) is 2.93. The number of hydrogen-bond acceptors (Lipinski definition) is 3. The molecular formula is C22H23N3O. The third-order valence-electron chi connectivity index (χ3n) is 5.15. The van der Waals surface area contributed by atoms with Crippen LogP contribution in [0.4, 0.5) is 5.69 Å². The Labute approximate surface area is 154 Å². The second-order valence-corrected chi connectivity index (χ2v) is 6.82. The van der Waals surface area contributed by atoms with E-state index in [4.69, 9.17) is 0 Å². The number of fused-ring (bicyclic) bond motifs is 1. The fraction of sp³-hybridized carbons (Fsp3) is 0.273. The van der Waals surface area contributed by atoms with Gasteiger partial charge in [-0.15, -0.1) is 0 Å². The molecule has 0 radical (unpaired) electrons. The molecule has 132 valence electrons. The van der Waals surface area contributed by atoms with E-state index in [2.05, 4.69) is 41.1 Å². The molecule has 0 atom stereocenters. The van der Waals surface area contributed by atoms with Crippen molar-refractivity contribution in [3.63, 3.8) is 0 Å². The van der Waals surface area contributed by atoms with Gasteiger partial charge in [0.25, 0.3) is 5.91 Å². The first kappa shape index (κ1) is 16.6. The molecule has 0 spiro atoms. The zero-order chi connectivity index (χ0) is 17.9. The molecule has 1 aliphatic heterocycles. The highest BCUT2D eigenvalue weighted by Crippen LogP contribution is 2.23. The topological polar surface area (TPSA) is 36.4 Å². The molecule has 0 saturated carbocycles. The van der Waals surface area contributed by atoms with Crippen molar-refractivity contribution in [3.8, 4) is 0 Å². The molecule has 1 aromatic heterocycles. The van der Waals surface area contributed by atoms with E-state index in [1.165, 1.54) is 11.3 Å². The number of hydrogen-bond donors (Lipinski definition) is 0. The third kappa shape index (κ3) is 3.15. The van der Waals surface area contributed by atoms with E-state index < -0.39 is 0 Å². The lowest BCUT2D eigenvalue weighted by molar-refractivity contribution is 0.0769. The highest BCUT2D eigenvalue weighted by atomic mass is 16.2. The molecule has 1 fully saturated rings. The van der Waals surface area contributed by atoms with Gasteiger partial charge in [-0.25, -0.2) is 0 Å². The van der Waals surface area contributed by atoms with Gasteiger partial charge < -0.3 is 9.80 Å². The molecule has 1 aliphatic rings. The molecular weight excluding hydrogens is 322 g/mol. The highest BCUT2D eigenvalue weighted by molar-refractivity contribution is 6.06. The summed E-state index contributed by atoms with van der Waals surface area (Å²) in [5, 5.41) is 1.99. The summed E-state index contributed by atoms with van der Waals surface area (Å²) in [7, 11) is 0. The molecule has 0 bridgehead atoms. The van der Waals surface area contributed by atoms with Gasteiger partial charge in [0.05, 0.1) is 0 Å². The Kier molecular flexibility index (Phi) is 4.57. The lowest BCUT2D eigenvalue weighted by atomic mass is 10.1. The van der Waals surface area contributed by atoms with E-state index in [0.717, 1.165) is 48.9 Å². The number of carbonyl (C=O) groups is 1. The summed E-state index contributed by atoms with van der Waals surface area (Å²) in [6, 6.07) is 16.3. The molecule has 0 N–H and O–H groups in total. The van der Waals surface area contributed by atoms with Crippen LogP contribution in [-0.4, -0.2) is 42.0 Å². The minimum Gasteiger partial charge on any atom is -0.369 e. The smallest absolute Gasteiger partial charge is 0.254 e. The van der Waals surface area contributed by atoms with Gasteiger partial charge >= 0.3 is 0 Å². The summed E-state index contributed by atoms with van der Waals surface area (Å²) in [6.45, 7) is 5.53. The maximum absolute atomic E-state index is 13.2. The van der Waals surface area contributed by atoms with Gasteiger partial charge in [-0.3, -0.25) is 9.78 Å². The van der Waals surface area contributed by atoms with Crippen molar-refractivity contribution < 1.29 is 4.79 Å². The van der Waals surface area contributed by atoms with Gasteiger partial charge in [-0.1, -0.05) is 30.3 Å². The number of anilines is 1.